The molecular formula is C37H26F3N3O3. The molecule has 1 amide bonds. The number of pyridine rings is 1. The summed E-state index contributed by atoms with van der Waals surface area (Å²) >= 11 is 0. The van der Waals surface area contributed by atoms with Gasteiger partial charge in [-0.2, -0.15) is 0 Å². The Labute approximate surface area is 262 Å². The number of hydrogen-bond acceptors (Lipinski definition) is 4. The summed E-state index contributed by atoms with van der Waals surface area (Å²) in [6, 6.07) is 27.0. The second-order valence-corrected chi connectivity index (χ2v) is 11.7. The van der Waals surface area contributed by atoms with Gasteiger partial charge in [0, 0.05) is 24.4 Å². The molecule has 1 atom stereocenters. The standard InChI is InChI=1S/C37H26F3N3O3/c38-27-12-10-23(11-13-27)20-41-22-43(42-17-16-32(44)35(34(42)36(41)45)46-21-24-6-2-1-3-7-24)37-26(18-25-8-4-5-9-29(25)37)19-28-30(37)14-15-31(39)33(28)40/h1-17,19H,18,20-22H2. The molecule has 0 saturated heterocycles. The van der Waals surface area contributed by atoms with E-state index in [0.29, 0.717) is 17.5 Å². The molecule has 6 nitrogen and oxygen atoms in total. The first kappa shape index (κ1) is 27.9. The van der Waals surface area contributed by atoms with Gasteiger partial charge >= 0.3 is 0 Å². The summed E-state index contributed by atoms with van der Waals surface area (Å²) in [5.41, 5.74) is 3.23. The van der Waals surface area contributed by atoms with Gasteiger partial charge in [0.05, 0.1) is 0 Å². The largest absolute Gasteiger partial charge is 0.482 e. The lowest BCUT2D eigenvalue weighted by Crippen LogP contribution is -2.62. The van der Waals surface area contributed by atoms with Crippen LogP contribution < -0.4 is 15.2 Å². The number of hydrogen-bond donors (Lipinski definition) is 0. The molecule has 5 aromatic rings. The molecule has 0 saturated carbocycles. The fourth-order valence-corrected chi connectivity index (χ4v) is 7.07. The van der Waals surface area contributed by atoms with E-state index in [9.17, 15) is 18.4 Å². The van der Waals surface area contributed by atoms with Gasteiger partial charge in [-0.1, -0.05) is 72.8 Å². The summed E-state index contributed by atoms with van der Waals surface area (Å²) in [4.78, 5) is 29.4. The van der Waals surface area contributed by atoms with Crippen LogP contribution in [0.4, 0.5) is 13.2 Å². The molecule has 2 heterocycles. The summed E-state index contributed by atoms with van der Waals surface area (Å²) in [6.07, 6.45) is 3.70. The molecule has 228 valence electrons. The Hall–Kier alpha value is -5.57. The van der Waals surface area contributed by atoms with Crippen molar-refractivity contribution in [2.45, 2.75) is 25.1 Å². The number of rotatable bonds is 6. The molecular weight excluding hydrogens is 591 g/mol. The zero-order chi connectivity index (χ0) is 31.6. The summed E-state index contributed by atoms with van der Waals surface area (Å²) in [6.45, 7) is 0.150. The van der Waals surface area contributed by atoms with Gasteiger partial charge in [0.1, 0.15) is 24.6 Å². The summed E-state index contributed by atoms with van der Waals surface area (Å²) < 4.78 is 51.6. The van der Waals surface area contributed by atoms with Crippen molar-refractivity contribution in [1.82, 2.24) is 9.58 Å². The highest BCUT2D eigenvalue weighted by atomic mass is 19.2. The first-order chi connectivity index (χ1) is 22.4. The van der Waals surface area contributed by atoms with Gasteiger partial charge < -0.3 is 9.64 Å². The number of halogens is 3. The lowest BCUT2D eigenvalue weighted by atomic mass is 9.83. The molecule has 8 rings (SSSR count). The number of fused-ring (bicyclic) bond motifs is 6. The van der Waals surface area contributed by atoms with Gasteiger partial charge in [-0.15, -0.1) is 0 Å². The van der Waals surface area contributed by atoms with Crippen LogP contribution in [0.3, 0.4) is 0 Å². The van der Waals surface area contributed by atoms with Crippen molar-refractivity contribution in [3.8, 4) is 5.75 Å². The van der Waals surface area contributed by atoms with Crippen molar-refractivity contribution in [2.24, 2.45) is 0 Å². The lowest BCUT2D eigenvalue weighted by molar-refractivity contribution is 0.0649. The lowest BCUT2D eigenvalue weighted by Gasteiger charge is -2.49. The van der Waals surface area contributed by atoms with E-state index in [2.05, 4.69) is 0 Å². The van der Waals surface area contributed by atoms with E-state index in [0.717, 1.165) is 28.3 Å². The van der Waals surface area contributed by atoms with E-state index in [1.54, 1.807) is 33.9 Å². The van der Waals surface area contributed by atoms with Gasteiger partial charge in [0.25, 0.3) is 5.91 Å². The first-order valence-electron chi connectivity index (χ1n) is 14.9. The topological polar surface area (TPSA) is 54.8 Å². The average Bonchev–Trinajstić information content (AvgIpc) is 3.57. The molecule has 4 aromatic carbocycles. The van der Waals surface area contributed by atoms with Gasteiger partial charge in [-0.3, -0.25) is 19.3 Å². The van der Waals surface area contributed by atoms with Crippen molar-refractivity contribution in [2.75, 3.05) is 11.7 Å². The Kier molecular flexibility index (Phi) is 6.39. The molecule has 1 unspecified atom stereocenters. The number of carbonyl (C=O) groups is 1. The maximum Gasteiger partial charge on any atom is 0.278 e. The van der Waals surface area contributed by atoms with E-state index < -0.39 is 34.3 Å². The van der Waals surface area contributed by atoms with E-state index >= 15 is 4.39 Å². The maximum atomic E-state index is 15.5. The number of ether oxygens (including phenoxy) is 1. The Morgan fingerprint density at radius 2 is 1.54 bits per heavy atom. The predicted octanol–water partition coefficient (Wildman–Crippen LogP) is 6.29. The molecule has 0 spiro atoms. The fourth-order valence-electron chi connectivity index (χ4n) is 7.07. The van der Waals surface area contributed by atoms with Crippen LogP contribution in [0.2, 0.25) is 0 Å². The van der Waals surface area contributed by atoms with Crippen LogP contribution >= 0.6 is 0 Å². The SMILES string of the molecule is O=C1c2c(OCc3ccccc3)c(=O)ccn2N(C23C(=Cc4c2ccc(F)c4F)Cc2ccccc23)CN1Cc1ccc(F)cc1. The van der Waals surface area contributed by atoms with Gasteiger partial charge in [-0.25, -0.2) is 13.2 Å². The Morgan fingerprint density at radius 3 is 2.35 bits per heavy atom. The van der Waals surface area contributed by atoms with Crippen LogP contribution in [0, 0.1) is 17.5 Å². The van der Waals surface area contributed by atoms with E-state index in [1.807, 2.05) is 59.6 Å². The van der Waals surface area contributed by atoms with E-state index in [4.69, 9.17) is 4.74 Å². The highest BCUT2D eigenvalue weighted by molar-refractivity contribution is 5.96. The average molecular weight is 618 g/mol. The predicted molar refractivity (Wildman–Crippen MR) is 166 cm³/mol. The van der Waals surface area contributed by atoms with Crippen LogP contribution in [0.25, 0.3) is 6.08 Å². The monoisotopic (exact) mass is 617 g/mol. The smallest absolute Gasteiger partial charge is 0.278 e. The Balaban J connectivity index is 1.35. The third kappa shape index (κ3) is 4.11. The minimum Gasteiger partial charge on any atom is -0.482 e. The molecule has 9 heteroatoms. The van der Waals surface area contributed by atoms with E-state index in [1.165, 1.54) is 24.4 Å². The molecule has 0 N–H and O–H groups in total. The molecule has 0 fully saturated rings. The maximum absolute atomic E-state index is 15.5. The van der Waals surface area contributed by atoms with Crippen LogP contribution in [0.1, 0.15) is 43.9 Å². The highest BCUT2D eigenvalue weighted by Crippen LogP contribution is 2.56. The Bertz CT molecular complexity index is 2130. The van der Waals surface area contributed by atoms with Gasteiger partial charge in [0.2, 0.25) is 5.43 Å². The molecule has 1 aliphatic heterocycles. The van der Waals surface area contributed by atoms with Crippen LogP contribution in [0.5, 0.6) is 5.75 Å². The third-order valence-electron chi connectivity index (χ3n) is 9.08. The number of aromatic nitrogens is 1. The van der Waals surface area contributed by atoms with Gasteiger partial charge in [-0.05, 0) is 64.1 Å². The Morgan fingerprint density at radius 1 is 0.783 bits per heavy atom. The fraction of sp³-hybridized carbons (Fsp3) is 0.135. The van der Waals surface area contributed by atoms with Crippen molar-refractivity contribution in [3.05, 3.63) is 176 Å². The quantitative estimate of drug-likeness (QED) is 0.225. The van der Waals surface area contributed by atoms with E-state index in [-0.39, 0.29) is 36.8 Å². The van der Waals surface area contributed by atoms with Crippen LogP contribution in [-0.4, -0.2) is 22.2 Å². The van der Waals surface area contributed by atoms with Crippen LogP contribution in [-0.2, 0) is 25.1 Å². The van der Waals surface area contributed by atoms with Crippen molar-refractivity contribution in [3.63, 3.8) is 0 Å². The van der Waals surface area contributed by atoms with Crippen molar-refractivity contribution < 1.29 is 22.7 Å². The normalized spacial score (nSPS) is 17.7. The second kappa shape index (κ2) is 10.5. The van der Waals surface area contributed by atoms with Gasteiger partial charge in [0.15, 0.2) is 23.1 Å². The minimum atomic E-state index is -1.14. The molecule has 3 aliphatic rings. The molecule has 0 bridgehead atoms. The third-order valence-corrected chi connectivity index (χ3v) is 9.08. The number of amides is 1. The second-order valence-electron chi connectivity index (χ2n) is 11.7. The zero-order valence-electron chi connectivity index (χ0n) is 24.4. The van der Waals surface area contributed by atoms with Crippen molar-refractivity contribution in [1.29, 1.82) is 0 Å². The minimum absolute atomic E-state index is 0.00549. The summed E-state index contributed by atoms with van der Waals surface area (Å²) in [5, 5.41) is 1.92. The first-order valence-corrected chi connectivity index (χ1v) is 14.9. The summed E-state index contributed by atoms with van der Waals surface area (Å²) in [5.74, 6) is -2.89. The highest BCUT2D eigenvalue weighted by Gasteiger charge is 2.56. The number of carbonyl (C=O) groups excluding carboxylic acids is 1. The zero-order valence-corrected chi connectivity index (χ0v) is 24.4. The van der Waals surface area contributed by atoms with Crippen molar-refractivity contribution >= 4 is 12.0 Å². The van der Waals surface area contributed by atoms with Crippen LogP contribution in [0.15, 0.2) is 114 Å². The molecule has 1 aromatic heterocycles. The summed E-state index contributed by atoms with van der Waals surface area (Å²) in [7, 11) is 0. The molecule has 46 heavy (non-hydrogen) atoms. The molecule has 2 aliphatic carbocycles. The number of benzene rings is 4. The number of nitrogens with zero attached hydrogens (tertiary/aromatic N) is 3. The molecule has 0 radical (unpaired) electrons.